The second kappa shape index (κ2) is 8.01. The van der Waals surface area contributed by atoms with Gasteiger partial charge >= 0.3 is 11.9 Å². The van der Waals surface area contributed by atoms with Crippen LogP contribution in [0.3, 0.4) is 0 Å². The maximum Gasteiger partial charge on any atom is 0.355 e. The molecule has 1 aliphatic heterocycles. The number of ether oxygens (including phenoxy) is 2. The van der Waals surface area contributed by atoms with E-state index in [0.29, 0.717) is 30.0 Å². The van der Waals surface area contributed by atoms with Crippen molar-refractivity contribution < 1.29 is 19.1 Å². The Balaban J connectivity index is 2.29. The lowest BCUT2D eigenvalue weighted by atomic mass is 9.89. The number of carbonyl (C=O) groups excluding carboxylic acids is 2. The van der Waals surface area contributed by atoms with E-state index in [2.05, 4.69) is 0 Å². The van der Waals surface area contributed by atoms with E-state index >= 15 is 0 Å². The topological polar surface area (TPSA) is 55.8 Å². The minimum absolute atomic E-state index is 0.341. The van der Waals surface area contributed by atoms with Crippen molar-refractivity contribution >= 4 is 11.9 Å². The molecular formula is C17H25NO4. The Labute approximate surface area is 131 Å². The summed E-state index contributed by atoms with van der Waals surface area (Å²) in [6.45, 7) is 0.751. The maximum absolute atomic E-state index is 12.2. The average molecular weight is 307 g/mol. The molecule has 0 bridgehead atoms. The minimum atomic E-state index is -0.470. The molecule has 0 aromatic carbocycles. The van der Waals surface area contributed by atoms with Gasteiger partial charge in [-0.1, -0.05) is 25.3 Å². The Hall–Kier alpha value is -1.78. The summed E-state index contributed by atoms with van der Waals surface area (Å²) >= 11 is 0. The van der Waals surface area contributed by atoms with Crippen LogP contribution in [0.15, 0.2) is 23.5 Å². The van der Waals surface area contributed by atoms with Crippen LogP contribution >= 0.6 is 0 Å². The molecule has 5 heteroatoms. The van der Waals surface area contributed by atoms with Crippen LogP contribution < -0.4 is 0 Å². The molecule has 0 saturated heterocycles. The van der Waals surface area contributed by atoms with E-state index in [1.807, 2.05) is 17.2 Å². The largest absolute Gasteiger partial charge is 0.466 e. The lowest BCUT2D eigenvalue weighted by Crippen LogP contribution is -2.31. The van der Waals surface area contributed by atoms with Crippen molar-refractivity contribution in [1.82, 2.24) is 4.90 Å². The second-order valence-electron chi connectivity index (χ2n) is 5.89. The monoisotopic (exact) mass is 307 g/mol. The Bertz CT molecular complexity index is 475. The SMILES string of the molecule is COC(=O)C1=C(C(=O)OC)N(CC2CCCCC2)C=CCC1. The second-order valence-corrected chi connectivity index (χ2v) is 5.89. The van der Waals surface area contributed by atoms with E-state index in [9.17, 15) is 9.59 Å². The molecule has 1 fully saturated rings. The zero-order valence-corrected chi connectivity index (χ0v) is 13.5. The van der Waals surface area contributed by atoms with Crippen molar-refractivity contribution in [3.63, 3.8) is 0 Å². The minimum Gasteiger partial charge on any atom is -0.466 e. The number of hydrogen-bond donors (Lipinski definition) is 0. The van der Waals surface area contributed by atoms with E-state index in [4.69, 9.17) is 9.47 Å². The van der Waals surface area contributed by atoms with Gasteiger partial charge in [0.15, 0.2) is 0 Å². The number of carbonyl (C=O) groups is 2. The lowest BCUT2D eigenvalue weighted by molar-refractivity contribution is -0.140. The highest BCUT2D eigenvalue weighted by Gasteiger charge is 2.29. The molecule has 2 aliphatic rings. The van der Waals surface area contributed by atoms with Gasteiger partial charge in [0.25, 0.3) is 0 Å². The third kappa shape index (κ3) is 3.90. The first-order chi connectivity index (χ1) is 10.7. The third-order valence-corrected chi connectivity index (χ3v) is 4.41. The van der Waals surface area contributed by atoms with Gasteiger partial charge < -0.3 is 14.4 Å². The fraction of sp³-hybridized carbons (Fsp3) is 0.647. The standard InChI is InChI=1S/C17H25NO4/c1-21-16(19)14-10-6-7-11-18(15(14)17(20)22-2)12-13-8-4-3-5-9-13/h7,11,13H,3-6,8-10,12H2,1-2H3. The molecule has 0 amide bonds. The molecule has 0 aromatic rings. The quantitative estimate of drug-likeness (QED) is 0.748. The maximum atomic E-state index is 12.2. The first-order valence-electron chi connectivity index (χ1n) is 8.00. The number of esters is 2. The van der Waals surface area contributed by atoms with Gasteiger partial charge in [0.05, 0.1) is 19.8 Å². The van der Waals surface area contributed by atoms with Gasteiger partial charge in [-0.3, -0.25) is 0 Å². The first kappa shape index (κ1) is 16.6. The molecule has 1 aliphatic carbocycles. The van der Waals surface area contributed by atoms with E-state index in [-0.39, 0.29) is 0 Å². The number of nitrogens with zero attached hydrogens (tertiary/aromatic N) is 1. The van der Waals surface area contributed by atoms with Crippen LogP contribution in [0.4, 0.5) is 0 Å². The average Bonchev–Trinajstić information content (AvgIpc) is 2.77. The summed E-state index contributed by atoms with van der Waals surface area (Å²) in [6.07, 6.45) is 11.2. The molecule has 0 radical (unpaired) electrons. The van der Waals surface area contributed by atoms with Gasteiger partial charge in [-0.05, 0) is 31.6 Å². The van der Waals surface area contributed by atoms with E-state index in [1.54, 1.807) is 0 Å². The fourth-order valence-electron chi connectivity index (χ4n) is 3.25. The summed E-state index contributed by atoms with van der Waals surface area (Å²) in [6, 6.07) is 0. The van der Waals surface area contributed by atoms with Crippen LogP contribution in [0.25, 0.3) is 0 Å². The molecule has 22 heavy (non-hydrogen) atoms. The summed E-state index contributed by atoms with van der Waals surface area (Å²) in [5.41, 5.74) is 0.754. The Morgan fingerprint density at radius 3 is 2.45 bits per heavy atom. The zero-order valence-electron chi connectivity index (χ0n) is 13.5. The van der Waals surface area contributed by atoms with Crippen molar-refractivity contribution in [2.75, 3.05) is 20.8 Å². The molecule has 5 nitrogen and oxygen atoms in total. The van der Waals surface area contributed by atoms with Crippen LogP contribution in [0.2, 0.25) is 0 Å². The van der Waals surface area contributed by atoms with Gasteiger partial charge in [-0.2, -0.15) is 0 Å². The normalized spacial score (nSPS) is 19.8. The van der Waals surface area contributed by atoms with Crippen molar-refractivity contribution in [3.05, 3.63) is 23.5 Å². The van der Waals surface area contributed by atoms with Crippen LogP contribution in [-0.4, -0.2) is 37.6 Å². The smallest absolute Gasteiger partial charge is 0.355 e. The lowest BCUT2D eigenvalue weighted by Gasteiger charge is -2.29. The Kier molecular flexibility index (Phi) is 6.04. The summed E-state index contributed by atoms with van der Waals surface area (Å²) in [4.78, 5) is 26.2. The highest BCUT2D eigenvalue weighted by Crippen LogP contribution is 2.29. The van der Waals surface area contributed by atoms with Crippen molar-refractivity contribution in [2.24, 2.45) is 5.92 Å². The molecule has 2 rings (SSSR count). The Morgan fingerprint density at radius 2 is 1.82 bits per heavy atom. The third-order valence-electron chi connectivity index (χ3n) is 4.41. The number of methoxy groups -OCH3 is 2. The Morgan fingerprint density at radius 1 is 1.14 bits per heavy atom. The number of hydrogen-bond acceptors (Lipinski definition) is 5. The molecular weight excluding hydrogens is 282 g/mol. The summed E-state index contributed by atoms with van der Waals surface area (Å²) in [5.74, 6) is -0.365. The zero-order chi connectivity index (χ0) is 15.9. The molecule has 0 aromatic heterocycles. The predicted molar refractivity (Wildman–Crippen MR) is 82.7 cm³/mol. The van der Waals surface area contributed by atoms with Gasteiger partial charge in [0.1, 0.15) is 5.70 Å². The van der Waals surface area contributed by atoms with Crippen LogP contribution in [0.1, 0.15) is 44.9 Å². The van der Waals surface area contributed by atoms with Gasteiger partial charge in [-0.25, -0.2) is 9.59 Å². The summed E-state index contributed by atoms with van der Waals surface area (Å²) < 4.78 is 9.76. The van der Waals surface area contributed by atoms with E-state index < -0.39 is 11.9 Å². The number of allylic oxidation sites excluding steroid dienone is 1. The van der Waals surface area contributed by atoms with Crippen molar-refractivity contribution in [2.45, 2.75) is 44.9 Å². The predicted octanol–water partition coefficient (Wildman–Crippen LogP) is 2.78. The van der Waals surface area contributed by atoms with E-state index in [0.717, 1.165) is 6.54 Å². The van der Waals surface area contributed by atoms with Crippen LogP contribution in [0, 0.1) is 5.92 Å². The van der Waals surface area contributed by atoms with Crippen LogP contribution in [-0.2, 0) is 19.1 Å². The summed E-state index contributed by atoms with van der Waals surface area (Å²) in [5, 5.41) is 0. The van der Waals surface area contributed by atoms with Gasteiger partial charge in [0.2, 0.25) is 0 Å². The highest BCUT2D eigenvalue weighted by molar-refractivity contribution is 6.00. The van der Waals surface area contributed by atoms with Gasteiger partial charge in [0, 0.05) is 12.7 Å². The molecule has 0 unspecified atom stereocenters. The molecule has 1 heterocycles. The van der Waals surface area contributed by atoms with Gasteiger partial charge in [-0.15, -0.1) is 0 Å². The fourth-order valence-corrected chi connectivity index (χ4v) is 3.25. The molecule has 0 spiro atoms. The summed E-state index contributed by atoms with van der Waals surface area (Å²) in [7, 11) is 2.69. The van der Waals surface area contributed by atoms with Crippen LogP contribution in [0.5, 0.6) is 0 Å². The molecule has 122 valence electrons. The molecule has 0 atom stereocenters. The van der Waals surface area contributed by atoms with Crippen molar-refractivity contribution in [3.8, 4) is 0 Å². The molecule has 0 N–H and O–H groups in total. The first-order valence-corrected chi connectivity index (χ1v) is 8.00. The molecule has 1 saturated carbocycles. The van der Waals surface area contributed by atoms with Crippen molar-refractivity contribution in [1.29, 1.82) is 0 Å². The van der Waals surface area contributed by atoms with E-state index in [1.165, 1.54) is 46.3 Å². The number of rotatable bonds is 4. The highest BCUT2D eigenvalue weighted by atomic mass is 16.5.